The fraction of sp³-hybridized carbons (Fsp3) is 0.625. The van der Waals surface area contributed by atoms with Crippen LogP contribution < -0.4 is 9.47 Å². The minimum absolute atomic E-state index is 0.184. The molecule has 0 unspecified atom stereocenters. The molecule has 0 N–H and O–H groups in total. The molecule has 0 amide bonds. The monoisotopic (exact) mass is 702 g/mol. The van der Waals surface area contributed by atoms with E-state index >= 15 is 0 Å². The Balaban J connectivity index is 1.54. The van der Waals surface area contributed by atoms with Crippen molar-refractivity contribution in [3.05, 3.63) is 46.5 Å². The molecule has 1 aliphatic heterocycles. The van der Waals surface area contributed by atoms with Crippen molar-refractivity contribution in [3.8, 4) is 22.6 Å². The van der Waals surface area contributed by atoms with E-state index in [0.29, 0.717) is 19.3 Å². The number of halogens is 8. The van der Waals surface area contributed by atoms with Crippen LogP contribution in [-0.2, 0) is 18.0 Å². The third-order valence-electron chi connectivity index (χ3n) is 8.59. The van der Waals surface area contributed by atoms with Crippen molar-refractivity contribution >= 4 is 8.80 Å². The Hall–Kier alpha value is -2.46. The molecule has 266 valence electrons. The van der Waals surface area contributed by atoms with Crippen LogP contribution in [0.1, 0.15) is 71.1 Å². The standard InChI is InChI=1S/C32H42F8O6Si/c1-5-32(17-44-18-32)19-46-31-28(39)24(35)21(25(36)29(31)40)20-22(33)26(37)30(27(38)23(20)34)45-15-13-11-9-7-6-8-10-12-14-16-47(41-2,42-3)43-4/h5-19H2,1-4H3. The number of rotatable bonds is 21. The number of unbranched alkanes of at least 4 members (excludes halogenated alkanes) is 8. The summed E-state index contributed by atoms with van der Waals surface area (Å²) in [5, 5.41) is 0. The van der Waals surface area contributed by atoms with Gasteiger partial charge in [0.15, 0.2) is 34.8 Å². The van der Waals surface area contributed by atoms with Crippen molar-refractivity contribution in [3.63, 3.8) is 0 Å². The molecule has 47 heavy (non-hydrogen) atoms. The van der Waals surface area contributed by atoms with Crippen LogP contribution in [0.5, 0.6) is 11.5 Å². The molecule has 1 aliphatic rings. The molecule has 0 bridgehead atoms. The van der Waals surface area contributed by atoms with Crippen LogP contribution in [0.25, 0.3) is 11.1 Å². The second-order valence-electron chi connectivity index (χ2n) is 11.6. The van der Waals surface area contributed by atoms with Crippen LogP contribution in [-0.4, -0.2) is 56.6 Å². The van der Waals surface area contributed by atoms with E-state index in [1.807, 2.05) is 0 Å². The van der Waals surface area contributed by atoms with E-state index in [4.69, 9.17) is 27.5 Å². The van der Waals surface area contributed by atoms with E-state index in [1.165, 1.54) is 0 Å². The highest BCUT2D eigenvalue weighted by Gasteiger charge is 2.40. The van der Waals surface area contributed by atoms with Crippen LogP contribution in [0.15, 0.2) is 0 Å². The second-order valence-corrected chi connectivity index (χ2v) is 14.7. The molecule has 0 radical (unpaired) electrons. The molecule has 2 aromatic rings. The smallest absolute Gasteiger partial charge is 0.487 e. The van der Waals surface area contributed by atoms with Gasteiger partial charge in [-0.2, -0.15) is 17.6 Å². The molecule has 1 heterocycles. The molecule has 1 fully saturated rings. The summed E-state index contributed by atoms with van der Waals surface area (Å²) in [6, 6.07) is 0.734. The Morgan fingerprint density at radius 2 is 0.936 bits per heavy atom. The lowest BCUT2D eigenvalue weighted by Crippen LogP contribution is -2.46. The van der Waals surface area contributed by atoms with Gasteiger partial charge in [-0.05, 0) is 19.3 Å². The Morgan fingerprint density at radius 3 is 1.30 bits per heavy atom. The highest BCUT2D eigenvalue weighted by molar-refractivity contribution is 6.60. The van der Waals surface area contributed by atoms with Crippen molar-refractivity contribution in [1.29, 1.82) is 0 Å². The lowest BCUT2D eigenvalue weighted by molar-refractivity contribution is -0.134. The van der Waals surface area contributed by atoms with Crippen molar-refractivity contribution in [2.75, 3.05) is 47.8 Å². The van der Waals surface area contributed by atoms with E-state index in [1.54, 1.807) is 28.3 Å². The first-order valence-corrected chi connectivity index (χ1v) is 17.6. The molecule has 15 heteroatoms. The van der Waals surface area contributed by atoms with Gasteiger partial charge in [-0.25, -0.2) is 17.6 Å². The summed E-state index contributed by atoms with van der Waals surface area (Å²) in [4.78, 5) is 0. The summed E-state index contributed by atoms with van der Waals surface area (Å²) in [6.07, 6.45) is 7.98. The zero-order valence-corrected chi connectivity index (χ0v) is 28.1. The summed E-state index contributed by atoms with van der Waals surface area (Å²) >= 11 is 0. The van der Waals surface area contributed by atoms with E-state index in [9.17, 15) is 35.1 Å². The Morgan fingerprint density at radius 1 is 0.553 bits per heavy atom. The van der Waals surface area contributed by atoms with Crippen LogP contribution in [0, 0.1) is 52.0 Å². The zero-order valence-electron chi connectivity index (χ0n) is 27.1. The number of benzene rings is 2. The quantitative estimate of drug-likeness (QED) is 0.0560. The predicted molar refractivity (Wildman–Crippen MR) is 159 cm³/mol. The summed E-state index contributed by atoms with van der Waals surface area (Å²) < 4.78 is 150. The molecule has 0 atom stereocenters. The van der Waals surface area contributed by atoms with Gasteiger partial charge in [-0.3, -0.25) is 0 Å². The van der Waals surface area contributed by atoms with Gasteiger partial charge in [0, 0.05) is 27.4 Å². The molecule has 3 rings (SSSR count). The predicted octanol–water partition coefficient (Wildman–Crippen LogP) is 9.04. The van der Waals surface area contributed by atoms with Crippen LogP contribution in [0.4, 0.5) is 35.1 Å². The second kappa shape index (κ2) is 17.8. The SMILES string of the molecule is CCC1(COc2c(F)c(F)c(-c3c(F)c(F)c(OCCCCCCCCCCC[Si](OC)(OC)OC)c(F)c3F)c(F)c2F)COC1. The maximum atomic E-state index is 15.0. The highest BCUT2D eigenvalue weighted by Crippen LogP contribution is 2.42. The molecule has 6 nitrogen and oxygen atoms in total. The van der Waals surface area contributed by atoms with Gasteiger partial charge < -0.3 is 27.5 Å². The maximum absolute atomic E-state index is 15.0. The molecule has 2 aromatic carbocycles. The van der Waals surface area contributed by atoms with Gasteiger partial charge in [0.25, 0.3) is 0 Å². The molecule has 0 aromatic heterocycles. The third-order valence-corrected chi connectivity index (χ3v) is 11.4. The lowest BCUT2D eigenvalue weighted by atomic mass is 9.84. The largest absolute Gasteiger partial charge is 0.500 e. The van der Waals surface area contributed by atoms with Gasteiger partial charge in [-0.15, -0.1) is 0 Å². The van der Waals surface area contributed by atoms with Gasteiger partial charge >= 0.3 is 8.80 Å². The van der Waals surface area contributed by atoms with Crippen molar-refractivity contribution in [2.45, 2.75) is 77.2 Å². The molecular formula is C32H42F8O6Si. The highest BCUT2D eigenvalue weighted by atomic mass is 28.4. The normalized spacial score (nSPS) is 14.4. The fourth-order valence-electron chi connectivity index (χ4n) is 5.33. The van der Waals surface area contributed by atoms with Crippen LogP contribution in [0.2, 0.25) is 6.04 Å². The summed E-state index contributed by atoms with van der Waals surface area (Å²) in [5.74, 6) is -20.5. The Labute approximate surface area is 271 Å². The van der Waals surface area contributed by atoms with Gasteiger partial charge in [0.2, 0.25) is 23.3 Å². The van der Waals surface area contributed by atoms with E-state index in [2.05, 4.69) is 0 Å². The molecular weight excluding hydrogens is 660 g/mol. The minimum Gasteiger partial charge on any atom is -0.487 e. The molecule has 1 saturated heterocycles. The first kappa shape index (κ1) is 39.0. The average molecular weight is 703 g/mol. The zero-order chi connectivity index (χ0) is 34.8. The molecule has 0 spiro atoms. The number of hydrogen-bond acceptors (Lipinski definition) is 6. The third kappa shape index (κ3) is 8.96. The van der Waals surface area contributed by atoms with Crippen molar-refractivity contribution in [1.82, 2.24) is 0 Å². The Bertz CT molecular complexity index is 1270. The summed E-state index contributed by atoms with van der Waals surface area (Å²) in [7, 11) is 2.18. The van der Waals surface area contributed by atoms with Crippen molar-refractivity contribution in [2.24, 2.45) is 5.41 Å². The summed E-state index contributed by atoms with van der Waals surface area (Å²) in [5.41, 5.74) is -4.55. The lowest BCUT2D eigenvalue weighted by Gasteiger charge is -2.40. The number of ether oxygens (including phenoxy) is 3. The van der Waals surface area contributed by atoms with Gasteiger partial charge in [0.1, 0.15) is 0 Å². The first-order chi connectivity index (χ1) is 22.4. The number of hydrogen-bond donors (Lipinski definition) is 0. The van der Waals surface area contributed by atoms with Gasteiger partial charge in [0.05, 0.1) is 43.0 Å². The van der Waals surface area contributed by atoms with E-state index in [0.717, 1.165) is 51.0 Å². The first-order valence-electron chi connectivity index (χ1n) is 15.6. The van der Waals surface area contributed by atoms with Gasteiger partial charge in [-0.1, -0.05) is 51.9 Å². The topological polar surface area (TPSA) is 55.4 Å². The molecule has 0 aliphatic carbocycles. The Kier molecular flexibility index (Phi) is 14.8. The van der Waals surface area contributed by atoms with E-state index in [-0.39, 0.29) is 26.4 Å². The maximum Gasteiger partial charge on any atom is 0.500 e. The minimum atomic E-state index is -2.55. The fourth-order valence-corrected chi connectivity index (χ4v) is 7.13. The van der Waals surface area contributed by atoms with Crippen LogP contribution in [0.3, 0.4) is 0 Å². The molecule has 0 saturated carbocycles. The average Bonchev–Trinajstić information content (AvgIpc) is 3.05. The van der Waals surface area contributed by atoms with E-state index < -0.39 is 83.4 Å². The van der Waals surface area contributed by atoms with Crippen molar-refractivity contribution < 1.29 is 62.6 Å². The van der Waals surface area contributed by atoms with Crippen LogP contribution >= 0.6 is 0 Å². The summed E-state index contributed by atoms with van der Waals surface area (Å²) in [6.45, 7) is 1.44.